The quantitative estimate of drug-likeness (QED) is 0.471. The fourth-order valence-corrected chi connectivity index (χ4v) is 3.93. The minimum atomic E-state index is -0.740. The van der Waals surface area contributed by atoms with Gasteiger partial charge in [0.05, 0.1) is 5.02 Å². The molecule has 0 saturated carbocycles. The van der Waals surface area contributed by atoms with Crippen molar-refractivity contribution < 1.29 is 9.53 Å². The summed E-state index contributed by atoms with van der Waals surface area (Å²) in [5.74, 6) is 0.840. The second-order valence-electron chi connectivity index (χ2n) is 6.25. The maximum absolute atomic E-state index is 12.4. The van der Waals surface area contributed by atoms with Gasteiger partial charge in [-0.1, -0.05) is 34.5 Å². The molecule has 29 heavy (non-hydrogen) atoms. The summed E-state index contributed by atoms with van der Waals surface area (Å²) in [6.07, 6.45) is -0.740. The molecule has 7 nitrogen and oxygen atoms in total. The maximum atomic E-state index is 12.4. The third-order valence-corrected chi connectivity index (χ3v) is 5.59. The molecule has 2 aromatic carbocycles. The summed E-state index contributed by atoms with van der Waals surface area (Å²) in [5, 5.41) is 17.0. The van der Waals surface area contributed by atoms with Gasteiger partial charge in [-0.2, -0.15) is 9.61 Å². The van der Waals surface area contributed by atoms with Gasteiger partial charge in [0.25, 0.3) is 5.91 Å². The van der Waals surface area contributed by atoms with Gasteiger partial charge in [-0.3, -0.25) is 4.79 Å². The first-order valence-corrected chi connectivity index (χ1v) is 10.2. The van der Waals surface area contributed by atoms with Crippen molar-refractivity contribution in [2.45, 2.75) is 20.0 Å². The van der Waals surface area contributed by atoms with Crippen LogP contribution < -0.4 is 10.1 Å². The van der Waals surface area contributed by atoms with Crippen molar-refractivity contribution in [2.24, 2.45) is 0 Å². The molecule has 0 spiro atoms. The second-order valence-corrected chi connectivity index (χ2v) is 8.05. The molecule has 0 unspecified atom stereocenters. The Morgan fingerprint density at radius 2 is 1.93 bits per heavy atom. The summed E-state index contributed by atoms with van der Waals surface area (Å²) in [6.45, 7) is 3.50. The second kappa shape index (κ2) is 7.98. The molecule has 4 rings (SSSR count). The van der Waals surface area contributed by atoms with Crippen molar-refractivity contribution in [2.75, 3.05) is 5.32 Å². The van der Waals surface area contributed by atoms with Crippen molar-refractivity contribution in [1.29, 1.82) is 0 Å². The molecule has 0 aliphatic carbocycles. The lowest BCUT2D eigenvalue weighted by molar-refractivity contribution is -0.122. The van der Waals surface area contributed by atoms with Crippen LogP contribution in [0.15, 0.2) is 42.5 Å². The Hall–Kier alpha value is -2.68. The van der Waals surface area contributed by atoms with Crippen LogP contribution in [0.1, 0.15) is 12.7 Å². The first kappa shape index (κ1) is 19.6. The number of carbonyl (C=O) groups excluding carboxylic acids is 1. The van der Waals surface area contributed by atoms with Crippen LogP contribution in [0.5, 0.6) is 5.75 Å². The number of hydrogen-bond acceptors (Lipinski definition) is 6. The van der Waals surface area contributed by atoms with Gasteiger partial charge in [0, 0.05) is 16.3 Å². The lowest BCUT2D eigenvalue weighted by Gasteiger charge is -2.16. The largest absolute Gasteiger partial charge is 0.479 e. The molecule has 0 saturated heterocycles. The number of aromatic nitrogens is 4. The lowest BCUT2D eigenvalue weighted by atomic mass is 10.2. The van der Waals surface area contributed by atoms with E-state index < -0.39 is 6.10 Å². The summed E-state index contributed by atoms with van der Waals surface area (Å²) >= 11 is 13.4. The number of amides is 1. The summed E-state index contributed by atoms with van der Waals surface area (Å²) < 4.78 is 7.34. The maximum Gasteiger partial charge on any atom is 0.265 e. The Morgan fingerprint density at radius 3 is 2.62 bits per heavy atom. The zero-order valence-corrected chi connectivity index (χ0v) is 17.7. The molecular formula is C19H15Cl2N5O2S. The van der Waals surface area contributed by atoms with E-state index in [2.05, 4.69) is 20.6 Å². The minimum absolute atomic E-state index is 0.293. The van der Waals surface area contributed by atoms with Crippen molar-refractivity contribution in [3.05, 3.63) is 58.3 Å². The minimum Gasteiger partial charge on any atom is -0.479 e. The average molecular weight is 448 g/mol. The number of benzene rings is 2. The van der Waals surface area contributed by atoms with E-state index in [0.29, 0.717) is 21.5 Å². The van der Waals surface area contributed by atoms with E-state index in [-0.39, 0.29) is 5.91 Å². The molecule has 10 heteroatoms. The van der Waals surface area contributed by atoms with Crippen LogP contribution in [0, 0.1) is 6.92 Å². The van der Waals surface area contributed by atoms with E-state index in [1.165, 1.54) is 11.3 Å². The zero-order valence-electron chi connectivity index (χ0n) is 15.4. The van der Waals surface area contributed by atoms with Crippen LogP contribution in [-0.4, -0.2) is 31.8 Å². The Morgan fingerprint density at radius 1 is 1.17 bits per heavy atom. The number of rotatable bonds is 5. The van der Waals surface area contributed by atoms with Gasteiger partial charge >= 0.3 is 0 Å². The highest BCUT2D eigenvalue weighted by molar-refractivity contribution is 7.19. The van der Waals surface area contributed by atoms with Crippen molar-refractivity contribution in [1.82, 2.24) is 19.8 Å². The van der Waals surface area contributed by atoms with Gasteiger partial charge in [-0.05, 0) is 56.3 Å². The third-order valence-electron chi connectivity index (χ3n) is 4.11. The molecule has 0 aliphatic heterocycles. The summed E-state index contributed by atoms with van der Waals surface area (Å²) in [7, 11) is 0. The Kier molecular flexibility index (Phi) is 5.40. The van der Waals surface area contributed by atoms with E-state index in [9.17, 15) is 4.79 Å². The number of halogens is 2. The summed E-state index contributed by atoms with van der Waals surface area (Å²) in [5.41, 5.74) is 1.57. The van der Waals surface area contributed by atoms with Gasteiger partial charge in [0.2, 0.25) is 4.96 Å². The smallest absolute Gasteiger partial charge is 0.265 e. The van der Waals surface area contributed by atoms with Gasteiger partial charge in [0.15, 0.2) is 11.9 Å². The Balaban J connectivity index is 1.43. The number of nitrogens with one attached hydrogen (secondary N) is 1. The SMILES string of the molecule is Cc1nnc2sc(-c3ccc(NC(=O)[C@@H](C)Oc4ccc(Cl)cc4Cl)cc3)nn12. The van der Waals surface area contributed by atoms with E-state index >= 15 is 0 Å². The molecule has 1 N–H and O–H groups in total. The van der Waals surface area contributed by atoms with Gasteiger partial charge in [0.1, 0.15) is 10.8 Å². The van der Waals surface area contributed by atoms with Crippen LogP contribution in [0.3, 0.4) is 0 Å². The first-order chi connectivity index (χ1) is 13.9. The first-order valence-electron chi connectivity index (χ1n) is 8.62. The standard InChI is InChI=1S/C19H15Cl2N5O2S/c1-10(28-16-8-5-13(20)9-15(16)21)17(27)22-14-6-3-12(4-7-14)18-25-26-11(2)23-24-19(26)29-18/h3-10H,1-2H3,(H,22,27)/t10-/m1/s1. The molecule has 148 valence electrons. The molecule has 0 bridgehead atoms. The van der Waals surface area contributed by atoms with Gasteiger partial charge in [-0.25, -0.2) is 0 Å². The number of ether oxygens (including phenoxy) is 1. The molecule has 0 radical (unpaired) electrons. The van der Waals surface area contributed by atoms with Crippen LogP contribution >= 0.6 is 34.5 Å². The van der Waals surface area contributed by atoms with Crippen LogP contribution in [-0.2, 0) is 4.79 Å². The summed E-state index contributed by atoms with van der Waals surface area (Å²) in [6, 6.07) is 12.2. The predicted molar refractivity (Wildman–Crippen MR) is 114 cm³/mol. The number of anilines is 1. The van der Waals surface area contributed by atoms with E-state index in [1.807, 2.05) is 31.2 Å². The monoisotopic (exact) mass is 447 g/mol. The van der Waals surface area contributed by atoms with Crippen LogP contribution in [0.4, 0.5) is 5.69 Å². The number of carbonyl (C=O) groups is 1. The molecule has 4 aromatic rings. The topological polar surface area (TPSA) is 81.4 Å². The molecule has 1 atom stereocenters. The Labute approximate surface area is 180 Å². The highest BCUT2D eigenvalue weighted by Crippen LogP contribution is 2.29. The molecule has 2 aromatic heterocycles. The van der Waals surface area contributed by atoms with Crippen LogP contribution in [0.25, 0.3) is 15.5 Å². The van der Waals surface area contributed by atoms with Gasteiger partial charge < -0.3 is 10.1 Å². The van der Waals surface area contributed by atoms with E-state index in [1.54, 1.807) is 29.6 Å². The van der Waals surface area contributed by atoms with E-state index in [4.69, 9.17) is 27.9 Å². The lowest BCUT2D eigenvalue weighted by Crippen LogP contribution is -2.30. The highest BCUT2D eigenvalue weighted by atomic mass is 35.5. The zero-order chi connectivity index (χ0) is 20.5. The van der Waals surface area contributed by atoms with E-state index in [0.717, 1.165) is 21.4 Å². The molecule has 2 heterocycles. The molecular weight excluding hydrogens is 433 g/mol. The van der Waals surface area contributed by atoms with Crippen LogP contribution in [0.2, 0.25) is 10.0 Å². The number of hydrogen-bond donors (Lipinski definition) is 1. The number of fused-ring (bicyclic) bond motifs is 1. The van der Waals surface area contributed by atoms with Gasteiger partial charge in [-0.15, -0.1) is 10.2 Å². The van der Waals surface area contributed by atoms with Crippen molar-refractivity contribution in [3.8, 4) is 16.3 Å². The molecule has 0 fully saturated rings. The fraction of sp³-hybridized carbons (Fsp3) is 0.158. The van der Waals surface area contributed by atoms with Crippen molar-refractivity contribution >= 4 is 51.1 Å². The molecule has 1 amide bonds. The highest BCUT2D eigenvalue weighted by Gasteiger charge is 2.17. The molecule has 0 aliphatic rings. The fourth-order valence-electron chi connectivity index (χ4n) is 2.59. The Bertz CT molecular complexity index is 1190. The number of aryl methyl sites for hydroxylation is 1. The normalized spacial score (nSPS) is 12.1. The number of nitrogens with zero attached hydrogens (tertiary/aromatic N) is 4. The predicted octanol–water partition coefficient (Wildman–Crippen LogP) is 4.87. The van der Waals surface area contributed by atoms with Crippen molar-refractivity contribution in [3.63, 3.8) is 0 Å². The third kappa shape index (κ3) is 4.19. The summed E-state index contributed by atoms with van der Waals surface area (Å²) in [4.78, 5) is 13.2. The average Bonchev–Trinajstić information content (AvgIpc) is 3.27.